The van der Waals surface area contributed by atoms with Crippen molar-refractivity contribution in [2.75, 3.05) is 46.2 Å². The highest BCUT2D eigenvalue weighted by Crippen LogP contribution is 1.82. The first-order valence-electron chi connectivity index (χ1n) is 5.25. The summed E-state index contributed by atoms with van der Waals surface area (Å²) < 4.78 is 15.4. The molecule has 0 saturated heterocycles. The number of carbonyl (C=O) groups excluding carboxylic acids is 2. The van der Waals surface area contributed by atoms with Crippen LogP contribution in [0.25, 0.3) is 0 Å². The van der Waals surface area contributed by atoms with Gasteiger partial charge in [-0.15, -0.1) is 0 Å². The van der Waals surface area contributed by atoms with Gasteiger partial charge in [0.25, 0.3) is 0 Å². The third kappa shape index (κ3) is 13.0. The van der Waals surface area contributed by atoms with Gasteiger partial charge in [-0.1, -0.05) is 0 Å². The van der Waals surface area contributed by atoms with E-state index < -0.39 is 0 Å². The van der Waals surface area contributed by atoms with Crippen LogP contribution in [0.15, 0.2) is 0 Å². The molecule has 0 atom stereocenters. The first kappa shape index (κ1) is 15.0. The van der Waals surface area contributed by atoms with E-state index in [1.54, 1.807) is 0 Å². The number of rotatable bonds is 13. The molecule has 16 heavy (non-hydrogen) atoms. The molecule has 0 heterocycles. The fraction of sp³-hybridized carbons (Fsp3) is 0.800. The van der Waals surface area contributed by atoms with Crippen LogP contribution in [0.4, 0.5) is 0 Å². The van der Waals surface area contributed by atoms with E-state index in [-0.39, 0.29) is 0 Å². The SMILES string of the molecule is O=CCCOCCOCCOCCNC=O. The van der Waals surface area contributed by atoms with E-state index in [1.807, 2.05) is 0 Å². The minimum atomic E-state index is 0.423. The lowest BCUT2D eigenvalue weighted by Gasteiger charge is -2.05. The maximum absolute atomic E-state index is 9.93. The molecule has 0 aromatic heterocycles. The van der Waals surface area contributed by atoms with Crippen LogP contribution in [0.3, 0.4) is 0 Å². The lowest BCUT2D eigenvalue weighted by molar-refractivity contribution is -0.110. The van der Waals surface area contributed by atoms with Gasteiger partial charge in [0, 0.05) is 13.0 Å². The molecule has 0 aliphatic carbocycles. The molecule has 0 saturated carbocycles. The predicted octanol–water partition coefficient (Wildman–Crippen LogP) is -0.629. The maximum Gasteiger partial charge on any atom is 0.207 e. The summed E-state index contributed by atoms with van der Waals surface area (Å²) in [4.78, 5) is 19.8. The molecule has 0 aliphatic heterocycles. The van der Waals surface area contributed by atoms with Gasteiger partial charge in [-0.05, 0) is 0 Å². The lowest BCUT2D eigenvalue weighted by atomic mass is 10.5. The van der Waals surface area contributed by atoms with Crippen molar-refractivity contribution < 1.29 is 23.8 Å². The maximum atomic E-state index is 9.93. The minimum absolute atomic E-state index is 0.423. The molecule has 1 N–H and O–H groups in total. The number of hydrogen-bond donors (Lipinski definition) is 1. The zero-order valence-electron chi connectivity index (χ0n) is 9.35. The number of hydrogen-bond acceptors (Lipinski definition) is 5. The minimum Gasteiger partial charge on any atom is -0.379 e. The van der Waals surface area contributed by atoms with Gasteiger partial charge in [0.2, 0.25) is 6.41 Å². The highest BCUT2D eigenvalue weighted by Gasteiger charge is 1.91. The Balaban J connectivity index is 2.87. The smallest absolute Gasteiger partial charge is 0.207 e. The average molecular weight is 233 g/mol. The second kappa shape index (κ2) is 14.0. The summed E-state index contributed by atoms with van der Waals surface area (Å²) in [7, 11) is 0. The average Bonchev–Trinajstić information content (AvgIpc) is 2.31. The van der Waals surface area contributed by atoms with Crippen LogP contribution >= 0.6 is 0 Å². The molecule has 0 unspecified atom stereocenters. The predicted molar refractivity (Wildman–Crippen MR) is 57.2 cm³/mol. The van der Waals surface area contributed by atoms with Crippen LogP contribution in [0.2, 0.25) is 0 Å². The summed E-state index contributed by atoms with van der Waals surface area (Å²) >= 11 is 0. The number of ether oxygens (including phenoxy) is 3. The molecular formula is C10H19NO5. The molecule has 0 aliphatic rings. The highest BCUT2D eigenvalue weighted by atomic mass is 16.5. The Morgan fingerprint density at radius 2 is 1.38 bits per heavy atom. The summed E-state index contributed by atoms with van der Waals surface area (Å²) in [6.07, 6.45) is 1.88. The van der Waals surface area contributed by atoms with E-state index in [4.69, 9.17) is 14.2 Å². The van der Waals surface area contributed by atoms with Crippen molar-refractivity contribution in [2.24, 2.45) is 0 Å². The van der Waals surface area contributed by atoms with Crippen LogP contribution in [0.1, 0.15) is 6.42 Å². The van der Waals surface area contributed by atoms with Crippen molar-refractivity contribution in [1.82, 2.24) is 5.32 Å². The molecular weight excluding hydrogens is 214 g/mol. The van der Waals surface area contributed by atoms with E-state index in [1.165, 1.54) is 0 Å². The Bertz CT molecular complexity index is 147. The van der Waals surface area contributed by atoms with E-state index in [0.29, 0.717) is 59.0 Å². The highest BCUT2D eigenvalue weighted by molar-refractivity contribution is 5.49. The molecule has 0 bridgehead atoms. The quantitative estimate of drug-likeness (QED) is 0.339. The summed E-state index contributed by atoms with van der Waals surface area (Å²) in [5.74, 6) is 0. The molecule has 6 nitrogen and oxygen atoms in total. The zero-order chi connectivity index (χ0) is 11.9. The fourth-order valence-corrected chi connectivity index (χ4v) is 0.863. The largest absolute Gasteiger partial charge is 0.379 e. The van der Waals surface area contributed by atoms with Crippen LogP contribution in [-0.4, -0.2) is 58.9 Å². The van der Waals surface area contributed by atoms with E-state index in [0.717, 1.165) is 6.29 Å². The third-order valence-electron chi connectivity index (χ3n) is 1.60. The number of aldehydes is 1. The number of carbonyl (C=O) groups is 2. The Kier molecular flexibility index (Phi) is 13.2. The van der Waals surface area contributed by atoms with Crippen molar-refractivity contribution in [1.29, 1.82) is 0 Å². The second-order valence-electron chi connectivity index (χ2n) is 2.86. The van der Waals surface area contributed by atoms with Gasteiger partial charge in [-0.25, -0.2) is 0 Å². The van der Waals surface area contributed by atoms with Gasteiger partial charge in [0.15, 0.2) is 0 Å². The number of amides is 1. The van der Waals surface area contributed by atoms with Gasteiger partial charge in [-0.3, -0.25) is 4.79 Å². The molecule has 0 rings (SSSR count). The molecule has 0 aromatic carbocycles. The third-order valence-corrected chi connectivity index (χ3v) is 1.60. The molecule has 0 aromatic rings. The van der Waals surface area contributed by atoms with Gasteiger partial charge in [-0.2, -0.15) is 0 Å². The summed E-state index contributed by atoms with van der Waals surface area (Å²) in [6, 6.07) is 0. The zero-order valence-corrected chi connectivity index (χ0v) is 9.35. The standard InChI is InChI=1S/C10H19NO5/c12-3-1-4-14-6-8-16-9-7-15-5-2-11-10-13/h3,10H,1-2,4-9H2,(H,11,13). The van der Waals surface area contributed by atoms with Crippen molar-refractivity contribution in [3.63, 3.8) is 0 Å². The summed E-state index contributed by atoms with van der Waals surface area (Å²) in [5.41, 5.74) is 0. The van der Waals surface area contributed by atoms with Gasteiger partial charge < -0.3 is 24.3 Å². The Morgan fingerprint density at radius 3 is 1.94 bits per heavy atom. The fourth-order valence-electron chi connectivity index (χ4n) is 0.863. The van der Waals surface area contributed by atoms with Crippen molar-refractivity contribution in [3.8, 4) is 0 Å². The summed E-state index contributed by atoms with van der Waals surface area (Å²) in [6.45, 7) is 3.42. The van der Waals surface area contributed by atoms with Crippen LogP contribution < -0.4 is 5.32 Å². The monoisotopic (exact) mass is 233 g/mol. The first-order chi connectivity index (χ1) is 7.91. The second-order valence-corrected chi connectivity index (χ2v) is 2.86. The Hall–Kier alpha value is -0.980. The van der Waals surface area contributed by atoms with Crippen LogP contribution in [0.5, 0.6) is 0 Å². The van der Waals surface area contributed by atoms with E-state index >= 15 is 0 Å². The first-order valence-corrected chi connectivity index (χ1v) is 5.25. The van der Waals surface area contributed by atoms with Gasteiger partial charge in [0.05, 0.1) is 39.6 Å². The number of nitrogens with one attached hydrogen (secondary N) is 1. The molecule has 0 fully saturated rings. The lowest BCUT2D eigenvalue weighted by Crippen LogP contribution is -2.19. The molecule has 0 spiro atoms. The molecule has 1 amide bonds. The van der Waals surface area contributed by atoms with Gasteiger partial charge in [0.1, 0.15) is 6.29 Å². The van der Waals surface area contributed by atoms with Gasteiger partial charge >= 0.3 is 0 Å². The summed E-state index contributed by atoms with van der Waals surface area (Å²) in [5, 5.41) is 2.48. The van der Waals surface area contributed by atoms with E-state index in [2.05, 4.69) is 5.32 Å². The van der Waals surface area contributed by atoms with Crippen molar-refractivity contribution >= 4 is 12.7 Å². The molecule has 94 valence electrons. The van der Waals surface area contributed by atoms with Crippen LogP contribution in [-0.2, 0) is 23.8 Å². The topological polar surface area (TPSA) is 73.9 Å². The van der Waals surface area contributed by atoms with Crippen LogP contribution in [0, 0.1) is 0 Å². The van der Waals surface area contributed by atoms with Crippen molar-refractivity contribution in [2.45, 2.75) is 6.42 Å². The van der Waals surface area contributed by atoms with Crippen molar-refractivity contribution in [3.05, 3.63) is 0 Å². The van der Waals surface area contributed by atoms with E-state index in [9.17, 15) is 9.59 Å². The molecule has 6 heteroatoms. The Morgan fingerprint density at radius 1 is 0.812 bits per heavy atom. The normalized spacial score (nSPS) is 10.0. The Labute approximate surface area is 95.2 Å². The molecule has 0 radical (unpaired) electrons.